The molecular weight excluding hydrogens is 356 g/mol. The topological polar surface area (TPSA) is 65.1 Å². The van der Waals surface area contributed by atoms with Crippen molar-refractivity contribution >= 4 is 11.9 Å². The molecule has 1 unspecified atom stereocenters. The first-order valence-corrected chi connectivity index (χ1v) is 9.68. The van der Waals surface area contributed by atoms with E-state index in [1.807, 2.05) is 42.5 Å². The molecule has 1 heterocycles. The van der Waals surface area contributed by atoms with Crippen molar-refractivity contribution in [3.8, 4) is 5.75 Å². The van der Waals surface area contributed by atoms with E-state index in [1.165, 1.54) is 0 Å². The van der Waals surface area contributed by atoms with Gasteiger partial charge in [0.25, 0.3) is 0 Å². The number of carbonyl (C=O) groups is 2. The van der Waals surface area contributed by atoms with Gasteiger partial charge in [-0.05, 0) is 54.7 Å². The minimum atomic E-state index is -0.408. The van der Waals surface area contributed by atoms with Crippen LogP contribution >= 0.6 is 0 Å². The first kappa shape index (κ1) is 18.7. The summed E-state index contributed by atoms with van der Waals surface area (Å²) in [6.07, 6.45) is 9.97. The van der Waals surface area contributed by atoms with Crippen LogP contribution in [0, 0.1) is 5.92 Å². The number of hydrogen-bond acceptors (Lipinski definition) is 5. The van der Waals surface area contributed by atoms with Gasteiger partial charge in [0.2, 0.25) is 0 Å². The molecular formula is C23H24O5. The third-order valence-corrected chi connectivity index (χ3v) is 5.33. The van der Waals surface area contributed by atoms with Gasteiger partial charge in [-0.25, -0.2) is 4.79 Å². The van der Waals surface area contributed by atoms with Crippen LogP contribution in [0.5, 0.6) is 5.75 Å². The molecule has 1 aromatic rings. The number of hydrogen-bond donors (Lipinski definition) is 0. The van der Waals surface area contributed by atoms with E-state index in [1.54, 1.807) is 0 Å². The smallest absolute Gasteiger partial charge is 0.343 e. The van der Waals surface area contributed by atoms with Crippen LogP contribution in [0.1, 0.15) is 38.7 Å². The molecule has 28 heavy (non-hydrogen) atoms. The largest absolute Gasteiger partial charge is 0.426 e. The monoisotopic (exact) mass is 380 g/mol. The summed E-state index contributed by atoms with van der Waals surface area (Å²) >= 11 is 0. The second-order valence-corrected chi connectivity index (χ2v) is 7.92. The highest BCUT2D eigenvalue weighted by atomic mass is 16.6. The predicted molar refractivity (Wildman–Crippen MR) is 104 cm³/mol. The molecule has 0 N–H and O–H groups in total. The molecule has 4 rings (SSSR count). The van der Waals surface area contributed by atoms with Gasteiger partial charge in [-0.3, -0.25) is 4.79 Å². The Labute approximate surface area is 164 Å². The number of benzene rings is 1. The van der Waals surface area contributed by atoms with Crippen molar-refractivity contribution in [1.82, 2.24) is 0 Å². The normalized spacial score (nSPS) is 21.3. The summed E-state index contributed by atoms with van der Waals surface area (Å²) in [4.78, 5) is 23.6. The van der Waals surface area contributed by atoms with E-state index in [-0.39, 0.29) is 23.3 Å². The Bertz CT molecular complexity index is 865. The zero-order valence-electron chi connectivity index (χ0n) is 16.1. The lowest BCUT2D eigenvalue weighted by molar-refractivity contribution is -0.140. The zero-order chi connectivity index (χ0) is 19.7. The van der Waals surface area contributed by atoms with Crippen molar-refractivity contribution in [2.45, 2.75) is 44.6 Å². The number of rotatable bonds is 6. The minimum absolute atomic E-state index is 0.0830. The van der Waals surface area contributed by atoms with Crippen molar-refractivity contribution < 1.29 is 23.8 Å². The Morgan fingerprint density at radius 2 is 1.71 bits per heavy atom. The molecule has 0 radical (unpaired) electrons. The average Bonchev–Trinajstić information content (AvgIpc) is 3.55. The molecule has 1 saturated heterocycles. The fourth-order valence-electron chi connectivity index (χ4n) is 3.14. The molecule has 2 aliphatic carbocycles. The van der Waals surface area contributed by atoms with Gasteiger partial charge in [0.15, 0.2) is 6.10 Å². The highest BCUT2D eigenvalue weighted by Gasteiger charge is 2.34. The highest BCUT2D eigenvalue weighted by Crippen LogP contribution is 2.35. The third-order valence-electron chi connectivity index (χ3n) is 5.33. The standard InChI is InChI=1S/C23H24O5/c1-23(2,17-9-12-19(13-10-17)27-21(24)15-6-7-15)16-4-3-5-18(11-8-16)28-22(25)20-14-26-20/h4-5,8-13,15,20H,3,6-7,14H2,1-2H3. The predicted octanol–water partition coefficient (Wildman–Crippen LogP) is 3.99. The van der Waals surface area contributed by atoms with Gasteiger partial charge in [-0.2, -0.15) is 0 Å². The van der Waals surface area contributed by atoms with Crippen LogP contribution in [0.15, 0.2) is 59.9 Å². The molecule has 0 spiro atoms. The van der Waals surface area contributed by atoms with Crippen LogP contribution in [0.3, 0.4) is 0 Å². The van der Waals surface area contributed by atoms with E-state index in [0.717, 1.165) is 24.0 Å². The van der Waals surface area contributed by atoms with Crippen molar-refractivity contribution in [3.63, 3.8) is 0 Å². The molecule has 3 aliphatic rings. The van der Waals surface area contributed by atoms with Crippen LogP contribution in [0.2, 0.25) is 0 Å². The summed E-state index contributed by atoms with van der Waals surface area (Å²) < 4.78 is 15.7. The number of carbonyl (C=O) groups excluding carboxylic acids is 2. The van der Waals surface area contributed by atoms with Gasteiger partial charge < -0.3 is 14.2 Å². The summed E-state index contributed by atoms with van der Waals surface area (Å²) in [5, 5.41) is 0. The molecule has 1 saturated carbocycles. The van der Waals surface area contributed by atoms with Crippen molar-refractivity contribution in [3.05, 3.63) is 65.5 Å². The van der Waals surface area contributed by atoms with Crippen molar-refractivity contribution in [2.24, 2.45) is 5.92 Å². The Balaban J connectivity index is 1.42. The summed E-state index contributed by atoms with van der Waals surface area (Å²) in [6, 6.07) is 7.68. The minimum Gasteiger partial charge on any atom is -0.426 e. The maximum atomic E-state index is 11.8. The summed E-state index contributed by atoms with van der Waals surface area (Å²) in [5.41, 5.74) is 1.99. The van der Waals surface area contributed by atoms with E-state index in [9.17, 15) is 9.59 Å². The van der Waals surface area contributed by atoms with Crippen molar-refractivity contribution in [2.75, 3.05) is 6.61 Å². The van der Waals surface area contributed by atoms with Gasteiger partial charge >= 0.3 is 11.9 Å². The summed E-state index contributed by atoms with van der Waals surface area (Å²) in [7, 11) is 0. The van der Waals surface area contributed by atoms with E-state index in [0.29, 0.717) is 24.5 Å². The first-order valence-electron chi connectivity index (χ1n) is 9.68. The molecule has 1 atom stereocenters. The molecule has 1 aliphatic heterocycles. The Kier molecular flexibility index (Phi) is 4.94. The molecule has 0 bridgehead atoms. The number of epoxide rings is 1. The molecule has 5 heteroatoms. The number of allylic oxidation sites excluding steroid dienone is 5. The van der Waals surface area contributed by atoms with Crippen LogP contribution in [-0.2, 0) is 24.5 Å². The van der Waals surface area contributed by atoms with E-state index in [2.05, 4.69) is 19.9 Å². The fourth-order valence-corrected chi connectivity index (χ4v) is 3.14. The molecule has 5 nitrogen and oxygen atoms in total. The fraction of sp³-hybridized carbons (Fsp3) is 0.391. The molecule has 0 aromatic heterocycles. The van der Waals surface area contributed by atoms with Crippen LogP contribution in [0.25, 0.3) is 0 Å². The summed E-state index contributed by atoms with van der Waals surface area (Å²) in [5.74, 6) is 0.741. The quantitative estimate of drug-likeness (QED) is 0.424. The number of esters is 2. The molecule has 146 valence electrons. The maximum absolute atomic E-state index is 11.8. The van der Waals surface area contributed by atoms with Crippen LogP contribution < -0.4 is 4.74 Å². The van der Waals surface area contributed by atoms with Gasteiger partial charge in [0, 0.05) is 5.41 Å². The SMILES string of the molecule is CC(C)(C1=CCC=C(OC(=O)C2CO2)C=C1)c1ccc(OC(=O)C2CC2)cc1. The zero-order valence-corrected chi connectivity index (χ0v) is 16.1. The molecule has 0 amide bonds. The Hall–Kier alpha value is -2.66. The van der Waals surface area contributed by atoms with E-state index in [4.69, 9.17) is 14.2 Å². The molecule has 1 aromatic carbocycles. The van der Waals surface area contributed by atoms with E-state index >= 15 is 0 Å². The van der Waals surface area contributed by atoms with Gasteiger partial charge in [0.1, 0.15) is 11.5 Å². The second-order valence-electron chi connectivity index (χ2n) is 7.92. The lowest BCUT2D eigenvalue weighted by atomic mass is 9.77. The van der Waals surface area contributed by atoms with Crippen molar-refractivity contribution in [1.29, 1.82) is 0 Å². The maximum Gasteiger partial charge on any atom is 0.343 e. The number of ether oxygens (including phenoxy) is 3. The van der Waals surface area contributed by atoms with Crippen LogP contribution in [0.4, 0.5) is 0 Å². The van der Waals surface area contributed by atoms with Gasteiger partial charge in [-0.15, -0.1) is 0 Å². The lowest BCUT2D eigenvalue weighted by Gasteiger charge is -2.27. The second kappa shape index (κ2) is 7.40. The Morgan fingerprint density at radius 1 is 1.00 bits per heavy atom. The molecule has 2 fully saturated rings. The third kappa shape index (κ3) is 4.25. The van der Waals surface area contributed by atoms with E-state index < -0.39 is 6.10 Å². The first-order chi connectivity index (χ1) is 13.4. The van der Waals surface area contributed by atoms with Gasteiger partial charge in [-0.1, -0.05) is 38.1 Å². The average molecular weight is 380 g/mol. The Morgan fingerprint density at radius 3 is 2.36 bits per heavy atom. The lowest BCUT2D eigenvalue weighted by Crippen LogP contribution is -2.19. The van der Waals surface area contributed by atoms with Gasteiger partial charge in [0.05, 0.1) is 12.5 Å². The highest BCUT2D eigenvalue weighted by molar-refractivity contribution is 5.78. The summed E-state index contributed by atoms with van der Waals surface area (Å²) in [6.45, 7) is 4.73. The van der Waals surface area contributed by atoms with Crippen LogP contribution in [-0.4, -0.2) is 24.6 Å².